The number of nitrogens with zero attached hydrogens (tertiary/aromatic N) is 1. The molecule has 0 fully saturated rings. The number of amides is 1. The lowest BCUT2D eigenvalue weighted by molar-refractivity contribution is -0.127. The lowest BCUT2D eigenvalue weighted by atomic mass is 10.2. The van der Waals surface area contributed by atoms with E-state index in [9.17, 15) is 4.79 Å². The van der Waals surface area contributed by atoms with Crippen molar-refractivity contribution in [1.82, 2.24) is 0 Å². The van der Waals surface area contributed by atoms with Crippen molar-refractivity contribution in [2.75, 3.05) is 18.1 Å². The summed E-state index contributed by atoms with van der Waals surface area (Å²) in [4.78, 5) is 13.8. The maximum atomic E-state index is 12.1. The first-order valence-corrected chi connectivity index (χ1v) is 6.34. The number of ether oxygens (including phenoxy) is 1. The van der Waals surface area contributed by atoms with Gasteiger partial charge in [0.2, 0.25) is 0 Å². The van der Waals surface area contributed by atoms with Crippen LogP contribution in [-0.2, 0) is 9.53 Å². The molecule has 3 nitrogen and oxygen atoms in total. The van der Waals surface area contributed by atoms with Crippen molar-refractivity contribution in [3.05, 3.63) is 29.8 Å². The zero-order valence-corrected chi connectivity index (χ0v) is 12.0. The molecule has 1 rings (SSSR count). The van der Waals surface area contributed by atoms with Gasteiger partial charge in [-0.15, -0.1) is 0 Å². The number of aryl methyl sites for hydroxylation is 1. The summed E-state index contributed by atoms with van der Waals surface area (Å²) >= 11 is 0. The van der Waals surface area contributed by atoms with E-state index in [1.807, 2.05) is 58.9 Å². The van der Waals surface area contributed by atoms with Gasteiger partial charge in [-0.2, -0.15) is 0 Å². The van der Waals surface area contributed by atoms with Gasteiger partial charge in [0.05, 0.1) is 5.60 Å². The average Bonchev–Trinajstić information content (AvgIpc) is 2.29. The van der Waals surface area contributed by atoms with E-state index in [2.05, 4.69) is 0 Å². The maximum absolute atomic E-state index is 12.1. The van der Waals surface area contributed by atoms with Crippen molar-refractivity contribution in [2.24, 2.45) is 0 Å². The summed E-state index contributed by atoms with van der Waals surface area (Å²) in [5, 5.41) is 0. The molecule has 0 aliphatic rings. The Morgan fingerprint density at radius 3 is 2.22 bits per heavy atom. The molecule has 0 unspecified atom stereocenters. The van der Waals surface area contributed by atoms with E-state index in [0.29, 0.717) is 6.54 Å². The minimum Gasteiger partial charge on any atom is -0.366 e. The van der Waals surface area contributed by atoms with Gasteiger partial charge in [0.25, 0.3) is 5.91 Å². The zero-order chi connectivity index (χ0) is 13.8. The first kappa shape index (κ1) is 14.7. The van der Waals surface area contributed by atoms with Gasteiger partial charge in [-0.1, -0.05) is 17.7 Å². The lowest BCUT2D eigenvalue weighted by Crippen LogP contribution is -2.36. The van der Waals surface area contributed by atoms with Crippen LogP contribution in [0.15, 0.2) is 24.3 Å². The third-order valence-corrected chi connectivity index (χ3v) is 2.59. The van der Waals surface area contributed by atoms with Crippen molar-refractivity contribution in [3.63, 3.8) is 0 Å². The fraction of sp³-hybridized carbons (Fsp3) is 0.533. The van der Waals surface area contributed by atoms with E-state index in [1.54, 1.807) is 4.90 Å². The lowest BCUT2D eigenvalue weighted by Gasteiger charge is -2.24. The molecule has 1 amide bonds. The predicted octanol–water partition coefficient (Wildman–Crippen LogP) is 3.16. The Labute approximate surface area is 110 Å². The minimum atomic E-state index is -0.289. The highest BCUT2D eigenvalue weighted by molar-refractivity contribution is 5.94. The second-order valence-electron chi connectivity index (χ2n) is 5.37. The molecular weight excluding hydrogens is 226 g/mol. The maximum Gasteiger partial charge on any atom is 0.252 e. The van der Waals surface area contributed by atoms with Crippen LogP contribution < -0.4 is 4.90 Å². The predicted molar refractivity (Wildman–Crippen MR) is 74.9 cm³/mol. The van der Waals surface area contributed by atoms with Gasteiger partial charge < -0.3 is 9.64 Å². The summed E-state index contributed by atoms with van der Waals surface area (Å²) in [6.45, 7) is 10.6. The molecular formula is C15H23NO2. The Kier molecular flexibility index (Phi) is 4.91. The molecule has 0 N–H and O–H groups in total. The molecule has 0 spiro atoms. The standard InChI is InChI=1S/C15H23NO2/c1-6-16(13-9-7-12(2)8-10-13)14(17)11-18-15(3,4)5/h7-10H,6,11H2,1-5H3. The molecule has 100 valence electrons. The van der Waals surface area contributed by atoms with E-state index in [1.165, 1.54) is 5.56 Å². The van der Waals surface area contributed by atoms with Crippen molar-refractivity contribution in [2.45, 2.75) is 40.2 Å². The summed E-state index contributed by atoms with van der Waals surface area (Å²) in [6, 6.07) is 7.95. The zero-order valence-electron chi connectivity index (χ0n) is 12.0. The van der Waals surface area contributed by atoms with E-state index in [-0.39, 0.29) is 18.1 Å². The summed E-state index contributed by atoms with van der Waals surface area (Å²) in [6.07, 6.45) is 0. The second kappa shape index (κ2) is 6.01. The van der Waals surface area contributed by atoms with Crippen molar-refractivity contribution >= 4 is 11.6 Å². The third-order valence-electron chi connectivity index (χ3n) is 2.59. The molecule has 0 aliphatic heterocycles. The highest BCUT2D eigenvalue weighted by Crippen LogP contribution is 2.16. The number of likely N-dealkylation sites (N-methyl/N-ethyl adjacent to an activating group) is 1. The third kappa shape index (κ3) is 4.49. The van der Waals surface area contributed by atoms with Crippen molar-refractivity contribution in [3.8, 4) is 0 Å². The first-order chi connectivity index (χ1) is 8.33. The van der Waals surface area contributed by atoms with Gasteiger partial charge in [0.15, 0.2) is 0 Å². The smallest absolute Gasteiger partial charge is 0.252 e. The Hall–Kier alpha value is -1.35. The van der Waals surface area contributed by atoms with Crippen LogP contribution in [-0.4, -0.2) is 24.7 Å². The van der Waals surface area contributed by atoms with Crippen molar-refractivity contribution < 1.29 is 9.53 Å². The van der Waals surface area contributed by atoms with Crippen LogP contribution in [0.2, 0.25) is 0 Å². The molecule has 0 saturated heterocycles. The van der Waals surface area contributed by atoms with Crippen LogP contribution in [0.5, 0.6) is 0 Å². The number of hydrogen-bond acceptors (Lipinski definition) is 2. The molecule has 0 aliphatic carbocycles. The van der Waals surface area contributed by atoms with Gasteiger partial charge in [-0.05, 0) is 46.8 Å². The minimum absolute atomic E-state index is 0.00345. The summed E-state index contributed by atoms with van der Waals surface area (Å²) < 4.78 is 5.53. The van der Waals surface area contributed by atoms with Crippen LogP contribution in [0.3, 0.4) is 0 Å². The summed E-state index contributed by atoms with van der Waals surface area (Å²) in [5.74, 6) is -0.00345. The van der Waals surface area contributed by atoms with Gasteiger partial charge in [0.1, 0.15) is 6.61 Å². The average molecular weight is 249 g/mol. The van der Waals surface area contributed by atoms with E-state index < -0.39 is 0 Å². The second-order valence-corrected chi connectivity index (χ2v) is 5.37. The molecule has 3 heteroatoms. The number of anilines is 1. The quantitative estimate of drug-likeness (QED) is 0.820. The van der Waals surface area contributed by atoms with E-state index in [0.717, 1.165) is 5.69 Å². The van der Waals surface area contributed by atoms with Crippen molar-refractivity contribution in [1.29, 1.82) is 0 Å². The van der Waals surface area contributed by atoms with Gasteiger partial charge in [0, 0.05) is 12.2 Å². The van der Waals surface area contributed by atoms with Crippen LogP contribution >= 0.6 is 0 Å². The molecule has 1 aromatic rings. The van der Waals surface area contributed by atoms with Gasteiger partial charge in [-0.25, -0.2) is 0 Å². The van der Waals surface area contributed by atoms with E-state index >= 15 is 0 Å². The normalized spacial score (nSPS) is 11.4. The molecule has 1 aromatic carbocycles. The Morgan fingerprint density at radius 1 is 1.22 bits per heavy atom. The number of carbonyl (C=O) groups is 1. The molecule has 0 atom stereocenters. The Morgan fingerprint density at radius 2 is 1.78 bits per heavy atom. The fourth-order valence-electron chi connectivity index (χ4n) is 1.58. The first-order valence-electron chi connectivity index (χ1n) is 6.34. The molecule has 0 bridgehead atoms. The number of carbonyl (C=O) groups excluding carboxylic acids is 1. The molecule has 0 saturated carbocycles. The SMILES string of the molecule is CCN(C(=O)COC(C)(C)C)c1ccc(C)cc1. The van der Waals surface area contributed by atoms with Gasteiger partial charge in [-0.3, -0.25) is 4.79 Å². The largest absolute Gasteiger partial charge is 0.366 e. The Balaban J connectivity index is 2.71. The molecule has 0 aromatic heterocycles. The van der Waals surface area contributed by atoms with E-state index in [4.69, 9.17) is 4.74 Å². The molecule has 18 heavy (non-hydrogen) atoms. The number of benzene rings is 1. The Bertz CT molecular complexity index is 390. The highest BCUT2D eigenvalue weighted by Gasteiger charge is 2.18. The monoisotopic (exact) mass is 249 g/mol. The summed E-state index contributed by atoms with van der Waals surface area (Å²) in [7, 11) is 0. The van der Waals surface area contributed by atoms with Crippen LogP contribution in [0.25, 0.3) is 0 Å². The van der Waals surface area contributed by atoms with Crippen LogP contribution in [0.1, 0.15) is 33.3 Å². The van der Waals surface area contributed by atoms with Crippen LogP contribution in [0.4, 0.5) is 5.69 Å². The number of rotatable bonds is 4. The molecule has 0 heterocycles. The van der Waals surface area contributed by atoms with Crippen LogP contribution in [0, 0.1) is 6.92 Å². The fourth-order valence-corrected chi connectivity index (χ4v) is 1.58. The van der Waals surface area contributed by atoms with Gasteiger partial charge >= 0.3 is 0 Å². The number of hydrogen-bond donors (Lipinski definition) is 0. The highest BCUT2D eigenvalue weighted by atomic mass is 16.5. The molecule has 0 radical (unpaired) electrons. The summed E-state index contributed by atoms with van der Waals surface area (Å²) in [5.41, 5.74) is 1.82. The topological polar surface area (TPSA) is 29.5 Å².